The Morgan fingerprint density at radius 3 is 2.67 bits per heavy atom. The maximum atomic E-state index is 11.7. The maximum absolute atomic E-state index is 11.7. The molecule has 2 rings (SSSR count). The summed E-state index contributed by atoms with van der Waals surface area (Å²) in [5.74, 6) is 0.736. The number of carbonyl (C=O) groups is 1. The molecule has 1 saturated heterocycles. The maximum Gasteiger partial charge on any atom is 0.234 e. The third-order valence-electron chi connectivity index (χ3n) is 3.94. The molecule has 2 fully saturated rings. The zero-order chi connectivity index (χ0) is 12.6. The molecule has 1 saturated carbocycles. The zero-order valence-electron chi connectivity index (χ0n) is 11.2. The number of amides is 1. The van der Waals surface area contributed by atoms with E-state index in [2.05, 4.69) is 10.6 Å². The zero-order valence-corrected chi connectivity index (χ0v) is 11.2. The average molecular weight is 254 g/mol. The first-order valence-electron chi connectivity index (χ1n) is 7.42. The second kappa shape index (κ2) is 7.74. The highest BCUT2D eigenvalue weighted by Crippen LogP contribution is 2.17. The average Bonchev–Trinajstić information content (AvgIpc) is 2.41. The van der Waals surface area contributed by atoms with Gasteiger partial charge in [0.2, 0.25) is 5.91 Å². The van der Waals surface area contributed by atoms with Crippen molar-refractivity contribution in [1.29, 1.82) is 0 Å². The summed E-state index contributed by atoms with van der Waals surface area (Å²) >= 11 is 0. The predicted octanol–water partition coefficient (Wildman–Crippen LogP) is 1.45. The van der Waals surface area contributed by atoms with Gasteiger partial charge in [0.05, 0.1) is 13.2 Å². The second-order valence-corrected chi connectivity index (χ2v) is 5.62. The van der Waals surface area contributed by atoms with Gasteiger partial charge in [0, 0.05) is 19.2 Å². The summed E-state index contributed by atoms with van der Waals surface area (Å²) in [7, 11) is 0. The van der Waals surface area contributed by atoms with Crippen LogP contribution in [-0.4, -0.2) is 38.3 Å². The Hall–Kier alpha value is -0.610. The Balaban J connectivity index is 1.53. The lowest BCUT2D eigenvalue weighted by atomic mass is 9.95. The van der Waals surface area contributed by atoms with Crippen molar-refractivity contribution in [3.8, 4) is 0 Å². The van der Waals surface area contributed by atoms with Crippen LogP contribution in [-0.2, 0) is 9.53 Å². The van der Waals surface area contributed by atoms with Gasteiger partial charge < -0.3 is 15.4 Å². The van der Waals surface area contributed by atoms with E-state index in [1.165, 1.54) is 25.7 Å². The summed E-state index contributed by atoms with van der Waals surface area (Å²) in [6.07, 6.45) is 8.53. The molecule has 1 aliphatic heterocycles. The molecule has 1 heterocycles. The molecule has 4 heteroatoms. The number of rotatable bonds is 5. The van der Waals surface area contributed by atoms with Crippen LogP contribution in [0.15, 0.2) is 0 Å². The van der Waals surface area contributed by atoms with Gasteiger partial charge in [-0.25, -0.2) is 0 Å². The molecule has 2 aliphatic rings. The lowest BCUT2D eigenvalue weighted by Crippen LogP contribution is -2.42. The number of nitrogens with one attached hydrogen (secondary N) is 2. The minimum atomic E-state index is 0.152. The fourth-order valence-electron chi connectivity index (χ4n) is 2.88. The van der Waals surface area contributed by atoms with Crippen LogP contribution in [0.5, 0.6) is 0 Å². The van der Waals surface area contributed by atoms with Crippen LogP contribution in [0, 0.1) is 5.92 Å². The standard InChI is InChI=1S/C14H26N2O2/c17-14(16-13-6-2-1-3-7-13)10-15-9-12-5-4-8-18-11-12/h12-13,15H,1-11H2,(H,16,17). The van der Waals surface area contributed by atoms with Crippen LogP contribution < -0.4 is 10.6 Å². The highest BCUT2D eigenvalue weighted by Gasteiger charge is 2.16. The summed E-state index contributed by atoms with van der Waals surface area (Å²) in [5.41, 5.74) is 0. The monoisotopic (exact) mass is 254 g/mol. The van der Waals surface area contributed by atoms with Crippen LogP contribution in [0.1, 0.15) is 44.9 Å². The molecule has 1 aliphatic carbocycles. The first-order valence-corrected chi connectivity index (χ1v) is 7.42. The Kier molecular flexibility index (Phi) is 5.94. The fraction of sp³-hybridized carbons (Fsp3) is 0.929. The van der Waals surface area contributed by atoms with Crippen molar-refractivity contribution < 1.29 is 9.53 Å². The largest absolute Gasteiger partial charge is 0.381 e. The minimum Gasteiger partial charge on any atom is -0.381 e. The molecule has 0 aromatic carbocycles. The van der Waals surface area contributed by atoms with Gasteiger partial charge >= 0.3 is 0 Å². The quantitative estimate of drug-likeness (QED) is 0.781. The van der Waals surface area contributed by atoms with E-state index in [0.29, 0.717) is 18.5 Å². The lowest BCUT2D eigenvalue weighted by Gasteiger charge is -2.24. The Morgan fingerprint density at radius 2 is 1.94 bits per heavy atom. The van der Waals surface area contributed by atoms with E-state index >= 15 is 0 Å². The van der Waals surface area contributed by atoms with Crippen molar-refractivity contribution in [3.63, 3.8) is 0 Å². The van der Waals surface area contributed by atoms with Gasteiger partial charge in [-0.1, -0.05) is 19.3 Å². The molecule has 1 amide bonds. The van der Waals surface area contributed by atoms with Crippen molar-refractivity contribution in [2.45, 2.75) is 51.0 Å². The van der Waals surface area contributed by atoms with Crippen molar-refractivity contribution >= 4 is 5.91 Å². The molecule has 0 aromatic rings. The summed E-state index contributed by atoms with van der Waals surface area (Å²) < 4.78 is 5.42. The normalized spacial score (nSPS) is 25.9. The highest BCUT2D eigenvalue weighted by atomic mass is 16.5. The van der Waals surface area contributed by atoms with Gasteiger partial charge in [-0.2, -0.15) is 0 Å². The molecule has 2 N–H and O–H groups in total. The second-order valence-electron chi connectivity index (χ2n) is 5.62. The summed E-state index contributed by atoms with van der Waals surface area (Å²) in [4.78, 5) is 11.7. The molecule has 104 valence electrons. The fourth-order valence-corrected chi connectivity index (χ4v) is 2.88. The molecule has 1 unspecified atom stereocenters. The molecule has 4 nitrogen and oxygen atoms in total. The van der Waals surface area contributed by atoms with Crippen molar-refractivity contribution in [2.24, 2.45) is 5.92 Å². The lowest BCUT2D eigenvalue weighted by molar-refractivity contribution is -0.121. The molecular weight excluding hydrogens is 228 g/mol. The third-order valence-corrected chi connectivity index (χ3v) is 3.94. The van der Waals surface area contributed by atoms with E-state index in [9.17, 15) is 4.79 Å². The van der Waals surface area contributed by atoms with Gasteiger partial charge in [-0.15, -0.1) is 0 Å². The smallest absolute Gasteiger partial charge is 0.234 e. The first-order chi connectivity index (χ1) is 8.84. The Bertz CT molecular complexity index is 246. The van der Waals surface area contributed by atoms with Crippen LogP contribution >= 0.6 is 0 Å². The predicted molar refractivity (Wildman–Crippen MR) is 71.4 cm³/mol. The van der Waals surface area contributed by atoms with Crippen LogP contribution in [0.4, 0.5) is 0 Å². The summed E-state index contributed by atoms with van der Waals surface area (Å²) in [5, 5.41) is 6.38. The van der Waals surface area contributed by atoms with Crippen molar-refractivity contribution in [1.82, 2.24) is 10.6 Å². The number of carbonyl (C=O) groups excluding carboxylic acids is 1. The molecule has 0 radical (unpaired) electrons. The number of ether oxygens (including phenoxy) is 1. The molecule has 0 bridgehead atoms. The summed E-state index contributed by atoms with van der Waals surface area (Å²) in [6, 6.07) is 0.422. The highest BCUT2D eigenvalue weighted by molar-refractivity contribution is 5.78. The van der Waals surface area contributed by atoms with Gasteiger partial charge in [-0.05, 0) is 31.6 Å². The Labute approximate surface area is 110 Å². The van der Waals surface area contributed by atoms with E-state index in [4.69, 9.17) is 4.74 Å². The molecular formula is C14H26N2O2. The van der Waals surface area contributed by atoms with E-state index in [1.807, 2.05) is 0 Å². The number of hydrogen-bond donors (Lipinski definition) is 2. The van der Waals surface area contributed by atoms with Crippen molar-refractivity contribution in [2.75, 3.05) is 26.3 Å². The van der Waals surface area contributed by atoms with E-state index in [-0.39, 0.29) is 5.91 Å². The van der Waals surface area contributed by atoms with Crippen LogP contribution in [0.3, 0.4) is 0 Å². The molecule has 0 aromatic heterocycles. The van der Waals surface area contributed by atoms with Crippen LogP contribution in [0.25, 0.3) is 0 Å². The summed E-state index contributed by atoms with van der Waals surface area (Å²) in [6.45, 7) is 3.10. The molecule has 0 spiro atoms. The van der Waals surface area contributed by atoms with Crippen LogP contribution in [0.2, 0.25) is 0 Å². The van der Waals surface area contributed by atoms with Crippen molar-refractivity contribution in [3.05, 3.63) is 0 Å². The number of hydrogen-bond acceptors (Lipinski definition) is 3. The minimum absolute atomic E-state index is 0.152. The molecule has 1 atom stereocenters. The van der Waals surface area contributed by atoms with E-state index < -0.39 is 0 Å². The van der Waals surface area contributed by atoms with E-state index in [0.717, 1.165) is 39.0 Å². The van der Waals surface area contributed by atoms with Gasteiger partial charge in [0.15, 0.2) is 0 Å². The Morgan fingerprint density at radius 1 is 1.11 bits per heavy atom. The SMILES string of the molecule is O=C(CNCC1CCCOC1)NC1CCCCC1. The molecule has 18 heavy (non-hydrogen) atoms. The van der Waals surface area contributed by atoms with E-state index in [1.54, 1.807) is 0 Å². The van der Waals surface area contributed by atoms with Gasteiger partial charge in [0.25, 0.3) is 0 Å². The van der Waals surface area contributed by atoms with Gasteiger partial charge in [0.1, 0.15) is 0 Å². The third kappa shape index (κ3) is 4.94. The topological polar surface area (TPSA) is 50.4 Å². The first kappa shape index (κ1) is 13.8. The van der Waals surface area contributed by atoms with Gasteiger partial charge in [-0.3, -0.25) is 4.79 Å².